The van der Waals surface area contributed by atoms with Gasteiger partial charge in [-0.15, -0.1) is 0 Å². The fourth-order valence-corrected chi connectivity index (χ4v) is 36.3. The summed E-state index contributed by atoms with van der Waals surface area (Å²) >= 11 is -4.08. The molecule has 3 aliphatic rings. The van der Waals surface area contributed by atoms with Crippen LogP contribution in [0.1, 0.15) is 64.7 Å². The van der Waals surface area contributed by atoms with Crippen molar-refractivity contribution in [2.24, 2.45) is 0 Å². The third kappa shape index (κ3) is 6.84. The van der Waals surface area contributed by atoms with Crippen LogP contribution in [0.3, 0.4) is 0 Å². The number of aryl methyl sites for hydroxylation is 4. The molecule has 0 fully saturated rings. The Hall–Kier alpha value is -3.18. The summed E-state index contributed by atoms with van der Waals surface area (Å²) in [5.74, 6) is 3.91. The van der Waals surface area contributed by atoms with E-state index in [-0.39, 0.29) is 8.27 Å². The van der Waals surface area contributed by atoms with Crippen LogP contribution in [-0.2, 0) is 36.7 Å². The van der Waals surface area contributed by atoms with Crippen molar-refractivity contribution in [2.45, 2.75) is 53.2 Å². The van der Waals surface area contributed by atoms with Crippen molar-refractivity contribution in [1.29, 1.82) is 0 Å². The van der Waals surface area contributed by atoms with Gasteiger partial charge in [-0.25, -0.2) is 0 Å². The van der Waals surface area contributed by atoms with Gasteiger partial charge in [-0.3, -0.25) is 0 Å². The summed E-state index contributed by atoms with van der Waals surface area (Å²) in [5, 5.41) is 0. The molecule has 9 rings (SSSR count). The van der Waals surface area contributed by atoms with Gasteiger partial charge in [-0.05, 0) is 0 Å². The van der Waals surface area contributed by atoms with E-state index >= 15 is 0 Å². The molecule has 2 aromatic heterocycles. The maximum absolute atomic E-state index is 6.68. The van der Waals surface area contributed by atoms with Gasteiger partial charge in [-0.1, -0.05) is 0 Å². The Kier molecular flexibility index (Phi) is 11.7. The zero-order chi connectivity index (χ0) is 39.1. The molecule has 2 heterocycles. The first kappa shape index (κ1) is 39.6. The standard InChI is InChI=1S/2C21H17O.C5H5.C2H6Si.Au.2ClH.Zr/c2*1-14-8-10-17-12-18(20-11-9-15(2)22-20)13-19(17)21(14)16-6-4-3-5-7-16;1-2-4-5-3-1;1-3-2;;;;/h2*3-13H,1-2H3;1-5H;1-2H3;;2*1H;/q;;;;;;;+2/p-2. The van der Waals surface area contributed by atoms with Gasteiger partial charge >= 0.3 is 357 Å². The van der Waals surface area contributed by atoms with Crippen molar-refractivity contribution in [3.8, 4) is 22.3 Å². The van der Waals surface area contributed by atoms with Gasteiger partial charge in [0.1, 0.15) is 0 Å². The van der Waals surface area contributed by atoms with E-state index in [4.69, 9.17) is 25.9 Å². The van der Waals surface area contributed by atoms with Gasteiger partial charge < -0.3 is 0 Å². The number of furan rings is 2. The zero-order valence-electron chi connectivity index (χ0n) is 32.5. The van der Waals surface area contributed by atoms with Gasteiger partial charge in [0.2, 0.25) is 0 Å². The van der Waals surface area contributed by atoms with Crippen LogP contribution < -0.4 is 0 Å². The molecular weight excluding hydrogens is 1010 g/mol. The molecule has 56 heavy (non-hydrogen) atoms. The summed E-state index contributed by atoms with van der Waals surface area (Å²) in [6.07, 6.45) is 13.8. The first-order valence-electron chi connectivity index (χ1n) is 18.8. The Morgan fingerprint density at radius 3 is 1.32 bits per heavy atom. The van der Waals surface area contributed by atoms with E-state index in [2.05, 4.69) is 186 Å². The monoisotopic (exact) mass is 1050 g/mol. The van der Waals surface area contributed by atoms with E-state index in [0.717, 1.165) is 23.0 Å². The van der Waals surface area contributed by atoms with Crippen molar-refractivity contribution >= 4 is 46.4 Å². The summed E-state index contributed by atoms with van der Waals surface area (Å²) in [5.41, 5.74) is 16.2. The third-order valence-corrected chi connectivity index (χ3v) is 37.7. The van der Waals surface area contributed by atoms with Crippen LogP contribution in [0.15, 0.2) is 142 Å². The molecule has 2 unspecified atom stereocenters. The Morgan fingerprint density at radius 2 is 0.964 bits per heavy atom. The average Bonchev–Trinajstić information content (AvgIpc) is 4.05. The number of rotatable bonds is 7. The summed E-state index contributed by atoms with van der Waals surface area (Å²) in [6, 6.07) is 40.4. The number of hydrogen-bond acceptors (Lipinski definition) is 2. The predicted molar refractivity (Wildman–Crippen MR) is 233 cm³/mol. The first-order chi connectivity index (χ1) is 27.2. The number of benzene rings is 4. The molecule has 4 aromatic carbocycles. The van der Waals surface area contributed by atoms with E-state index in [1.165, 1.54) is 66.8 Å². The van der Waals surface area contributed by atoms with Crippen molar-refractivity contribution in [1.82, 2.24) is 0 Å². The molecule has 286 valence electrons. The number of fused-ring (bicyclic) bond motifs is 2. The Bertz CT molecular complexity index is 2450. The van der Waals surface area contributed by atoms with E-state index in [0.29, 0.717) is 4.14 Å². The maximum atomic E-state index is 6.68. The molecule has 6 aromatic rings. The van der Waals surface area contributed by atoms with Crippen LogP contribution in [0.4, 0.5) is 0 Å². The Balaban J connectivity index is 0.00000143. The van der Waals surface area contributed by atoms with Crippen LogP contribution in [0.5, 0.6) is 0 Å². The Morgan fingerprint density at radius 1 is 0.554 bits per heavy atom. The minimum absolute atomic E-state index is 0.219. The van der Waals surface area contributed by atoms with E-state index in [1.807, 2.05) is 0 Å². The second kappa shape index (κ2) is 16.6. The molecule has 2 atom stereocenters. The average molecular weight is 1050 g/mol. The van der Waals surface area contributed by atoms with Crippen molar-refractivity contribution in [3.05, 3.63) is 190 Å². The summed E-state index contributed by atoms with van der Waals surface area (Å²) in [6.45, 7) is 13.9. The number of allylic oxidation sites excluding steroid dienone is 6. The molecule has 0 saturated heterocycles. The molecule has 0 spiro atoms. The molecule has 0 saturated carbocycles. The quantitative estimate of drug-likeness (QED) is 0.149. The van der Waals surface area contributed by atoms with Gasteiger partial charge in [-0.2, -0.15) is 0 Å². The molecule has 2 nitrogen and oxygen atoms in total. The van der Waals surface area contributed by atoms with Crippen molar-refractivity contribution < 1.29 is 45.5 Å². The van der Waals surface area contributed by atoms with Gasteiger partial charge in [0.25, 0.3) is 0 Å². The van der Waals surface area contributed by atoms with E-state index < -0.39 is 42.8 Å². The van der Waals surface area contributed by atoms with Gasteiger partial charge in [0.15, 0.2) is 0 Å². The molecule has 3 aliphatic carbocycles. The first-order valence-corrected chi connectivity index (χ1v) is 34.4. The molecular formula is C49H45AuCl2O2SiZr. The summed E-state index contributed by atoms with van der Waals surface area (Å²) < 4.78 is 14.2. The summed E-state index contributed by atoms with van der Waals surface area (Å²) in [4.78, 5) is 0. The second-order valence-electron chi connectivity index (χ2n) is 14.5. The van der Waals surface area contributed by atoms with Crippen LogP contribution >= 0.6 is 17.0 Å². The van der Waals surface area contributed by atoms with Crippen LogP contribution in [0, 0.1) is 27.7 Å². The van der Waals surface area contributed by atoms with Crippen molar-refractivity contribution in [3.63, 3.8) is 0 Å². The molecule has 0 bridgehead atoms. The van der Waals surface area contributed by atoms with E-state index in [1.54, 1.807) is 0 Å². The molecule has 0 aliphatic heterocycles. The van der Waals surface area contributed by atoms with Crippen molar-refractivity contribution in [2.75, 3.05) is 0 Å². The second-order valence-corrected chi connectivity index (χ2v) is 38.6. The summed E-state index contributed by atoms with van der Waals surface area (Å²) in [7, 11) is 9.87. The number of halogens is 2. The topological polar surface area (TPSA) is 26.3 Å². The SMILES string of the molecule is Cc1ccc(C2=Cc3c(ccc(C)c3-c3ccccc3)[CH]2[Au]([CH]2C=CC=C2)([CH]2C(c3ccc(C)o3)=Cc3c2ccc(C)c3-c2ccccc2)=[Si](C)C)o1.[Cl][Zr][Cl]. The normalized spacial score (nSPS) is 18.4. The number of hydrogen-bond donors (Lipinski definition) is 0. The Labute approximate surface area is 354 Å². The fourth-order valence-electron chi connectivity index (χ4n) is 8.59. The van der Waals surface area contributed by atoms with Gasteiger partial charge in [0.05, 0.1) is 0 Å². The molecule has 0 amide bonds. The third-order valence-electron chi connectivity index (χ3n) is 10.8. The van der Waals surface area contributed by atoms with Crippen LogP contribution in [0.2, 0.25) is 17.2 Å². The van der Waals surface area contributed by atoms with Crippen LogP contribution in [-0.4, -0.2) is 6.08 Å². The van der Waals surface area contributed by atoms with Gasteiger partial charge in [0, 0.05) is 0 Å². The molecule has 7 heteroatoms. The fraction of sp³-hybridized carbons (Fsp3) is 0.184. The zero-order valence-corrected chi connectivity index (χ0v) is 39.6. The van der Waals surface area contributed by atoms with E-state index in [9.17, 15) is 0 Å². The molecule has 0 radical (unpaired) electrons. The minimum atomic E-state index is -3.26. The predicted octanol–water partition coefficient (Wildman–Crippen LogP) is 15.0. The van der Waals surface area contributed by atoms with Crippen LogP contribution in [0.25, 0.3) is 45.6 Å². The molecule has 0 N–H and O–H groups in total.